The number of alkyl halides is 3. The highest BCUT2D eigenvalue weighted by molar-refractivity contribution is 6.33. The third-order valence-corrected chi connectivity index (χ3v) is 5.51. The van der Waals surface area contributed by atoms with Gasteiger partial charge in [0.2, 0.25) is 0 Å². The van der Waals surface area contributed by atoms with Crippen LogP contribution in [-0.2, 0) is 12.7 Å². The number of aromatic nitrogens is 3. The SMILES string of the molecule is O=c1c(Cl)c(N2CCN(Cc3ccccc3)CC2)cnn1-c1ccc(C(F)(F)F)cn1. The van der Waals surface area contributed by atoms with Gasteiger partial charge in [-0.15, -0.1) is 0 Å². The molecule has 31 heavy (non-hydrogen) atoms. The molecule has 0 amide bonds. The fourth-order valence-corrected chi connectivity index (χ4v) is 3.72. The van der Waals surface area contributed by atoms with Gasteiger partial charge in [0.05, 0.1) is 17.4 Å². The molecule has 0 saturated carbocycles. The van der Waals surface area contributed by atoms with Crippen LogP contribution in [0, 0.1) is 0 Å². The van der Waals surface area contributed by atoms with Gasteiger partial charge >= 0.3 is 6.18 Å². The van der Waals surface area contributed by atoms with Gasteiger partial charge in [0, 0.05) is 38.9 Å². The van der Waals surface area contributed by atoms with E-state index in [2.05, 4.69) is 27.1 Å². The molecule has 0 aliphatic carbocycles. The van der Waals surface area contributed by atoms with Crippen LogP contribution in [0.2, 0.25) is 5.02 Å². The summed E-state index contributed by atoms with van der Waals surface area (Å²) >= 11 is 6.32. The summed E-state index contributed by atoms with van der Waals surface area (Å²) in [5, 5.41) is 4.05. The average Bonchev–Trinajstić information content (AvgIpc) is 2.77. The van der Waals surface area contributed by atoms with Crippen molar-refractivity contribution < 1.29 is 13.2 Å². The largest absolute Gasteiger partial charge is 0.417 e. The van der Waals surface area contributed by atoms with Crippen LogP contribution in [0.1, 0.15) is 11.1 Å². The van der Waals surface area contributed by atoms with Gasteiger partial charge in [0.15, 0.2) is 5.82 Å². The maximum Gasteiger partial charge on any atom is 0.417 e. The summed E-state index contributed by atoms with van der Waals surface area (Å²) in [6, 6.07) is 12.1. The molecule has 6 nitrogen and oxygen atoms in total. The number of benzene rings is 1. The molecule has 1 fully saturated rings. The molecule has 0 unspecified atom stereocenters. The summed E-state index contributed by atoms with van der Waals surface area (Å²) in [6.45, 7) is 3.80. The Hall–Kier alpha value is -2.91. The Morgan fingerprint density at radius 1 is 0.968 bits per heavy atom. The van der Waals surface area contributed by atoms with Crippen LogP contribution in [0.3, 0.4) is 0 Å². The lowest BCUT2D eigenvalue weighted by Gasteiger charge is -2.36. The van der Waals surface area contributed by atoms with Crippen molar-refractivity contribution in [3.63, 3.8) is 0 Å². The number of anilines is 1. The van der Waals surface area contributed by atoms with Crippen molar-refractivity contribution >= 4 is 17.3 Å². The van der Waals surface area contributed by atoms with Crippen molar-refractivity contribution in [2.45, 2.75) is 12.7 Å². The number of nitrogens with zero attached hydrogens (tertiary/aromatic N) is 5. The van der Waals surface area contributed by atoms with Gasteiger partial charge in [-0.05, 0) is 17.7 Å². The Bertz CT molecular complexity index is 1090. The molecule has 4 rings (SSSR count). The molecule has 0 bridgehead atoms. The summed E-state index contributed by atoms with van der Waals surface area (Å²) in [7, 11) is 0. The number of rotatable bonds is 4. The molecule has 0 atom stereocenters. The van der Waals surface area contributed by atoms with Crippen LogP contribution in [-0.4, -0.2) is 45.8 Å². The second-order valence-electron chi connectivity index (χ2n) is 7.21. The predicted octanol–water partition coefficient (Wildman–Crippen LogP) is 3.62. The molecule has 162 valence electrons. The monoisotopic (exact) mass is 449 g/mol. The normalized spacial score (nSPS) is 15.3. The second kappa shape index (κ2) is 8.68. The van der Waals surface area contributed by atoms with Gasteiger partial charge in [-0.2, -0.15) is 23.0 Å². The van der Waals surface area contributed by atoms with Crippen molar-refractivity contribution in [1.29, 1.82) is 0 Å². The third kappa shape index (κ3) is 4.72. The molecule has 1 aromatic carbocycles. The van der Waals surface area contributed by atoms with Crippen molar-refractivity contribution in [3.8, 4) is 5.82 Å². The first-order chi connectivity index (χ1) is 14.8. The van der Waals surface area contributed by atoms with Crippen LogP contribution in [0.5, 0.6) is 0 Å². The van der Waals surface area contributed by atoms with Crippen LogP contribution in [0.15, 0.2) is 59.7 Å². The van der Waals surface area contributed by atoms with Crippen molar-refractivity contribution in [2.75, 3.05) is 31.1 Å². The fraction of sp³-hybridized carbons (Fsp3) is 0.286. The molecule has 0 radical (unpaired) electrons. The lowest BCUT2D eigenvalue weighted by Crippen LogP contribution is -2.46. The zero-order chi connectivity index (χ0) is 22.0. The van der Waals surface area contributed by atoms with E-state index in [0.717, 1.165) is 36.4 Å². The van der Waals surface area contributed by atoms with E-state index in [1.807, 2.05) is 23.1 Å². The summed E-state index contributed by atoms with van der Waals surface area (Å²) in [6.07, 6.45) is -2.39. The number of halogens is 4. The van der Waals surface area contributed by atoms with Crippen molar-refractivity contribution in [3.05, 3.63) is 81.4 Å². The highest BCUT2D eigenvalue weighted by atomic mass is 35.5. The van der Waals surface area contributed by atoms with E-state index in [4.69, 9.17) is 11.6 Å². The van der Waals surface area contributed by atoms with E-state index in [-0.39, 0.29) is 10.8 Å². The Morgan fingerprint density at radius 2 is 1.68 bits per heavy atom. The highest BCUT2D eigenvalue weighted by Gasteiger charge is 2.31. The average molecular weight is 450 g/mol. The Morgan fingerprint density at radius 3 is 2.29 bits per heavy atom. The minimum Gasteiger partial charge on any atom is -0.366 e. The Kier molecular flexibility index (Phi) is 5.97. The van der Waals surface area contributed by atoms with Gasteiger partial charge in [-0.25, -0.2) is 4.98 Å². The molecule has 10 heteroatoms. The number of pyridine rings is 1. The molecule has 1 aliphatic heterocycles. The first-order valence-electron chi connectivity index (χ1n) is 9.65. The quantitative estimate of drug-likeness (QED) is 0.609. The highest BCUT2D eigenvalue weighted by Crippen LogP contribution is 2.29. The molecule has 1 aliphatic rings. The minimum atomic E-state index is -4.51. The lowest BCUT2D eigenvalue weighted by atomic mass is 10.2. The summed E-state index contributed by atoms with van der Waals surface area (Å²) in [5.41, 5.74) is 0.218. The third-order valence-electron chi connectivity index (χ3n) is 5.15. The predicted molar refractivity (Wildman–Crippen MR) is 112 cm³/mol. The topological polar surface area (TPSA) is 54.3 Å². The second-order valence-corrected chi connectivity index (χ2v) is 7.59. The molecule has 3 heterocycles. The first-order valence-corrected chi connectivity index (χ1v) is 10.0. The van der Waals surface area contributed by atoms with Crippen LogP contribution < -0.4 is 10.5 Å². The standard InChI is InChI=1S/C21H19ClF3N5O/c22-19-17(29-10-8-28(9-11-29)14-15-4-2-1-3-5-15)13-27-30(20(19)31)18-7-6-16(12-26-18)21(23,24)25/h1-7,12-13H,8-11,14H2. The van der Waals surface area contributed by atoms with Gasteiger partial charge in [-0.1, -0.05) is 41.9 Å². The van der Waals surface area contributed by atoms with E-state index >= 15 is 0 Å². The van der Waals surface area contributed by atoms with Gasteiger partial charge in [0.1, 0.15) is 5.02 Å². The number of piperazine rings is 1. The summed E-state index contributed by atoms with van der Waals surface area (Å²) in [5.74, 6) is -0.0286. The van der Waals surface area contributed by atoms with Gasteiger partial charge in [-0.3, -0.25) is 9.69 Å². The van der Waals surface area contributed by atoms with E-state index in [0.29, 0.717) is 25.0 Å². The molecular weight excluding hydrogens is 431 g/mol. The minimum absolute atomic E-state index is 0.0286. The number of hydrogen-bond donors (Lipinski definition) is 0. The molecule has 1 saturated heterocycles. The van der Waals surface area contributed by atoms with E-state index < -0.39 is 17.3 Å². The maximum atomic E-state index is 12.7. The molecular formula is C21H19ClF3N5O. The van der Waals surface area contributed by atoms with Crippen molar-refractivity contribution in [2.24, 2.45) is 0 Å². The van der Waals surface area contributed by atoms with E-state index in [1.54, 1.807) is 0 Å². The van der Waals surface area contributed by atoms with Crippen LogP contribution in [0.25, 0.3) is 5.82 Å². The molecule has 0 spiro atoms. The molecule has 2 aromatic heterocycles. The molecule has 0 N–H and O–H groups in total. The zero-order valence-electron chi connectivity index (χ0n) is 16.4. The number of hydrogen-bond acceptors (Lipinski definition) is 5. The zero-order valence-corrected chi connectivity index (χ0v) is 17.1. The van der Waals surface area contributed by atoms with E-state index in [1.165, 1.54) is 11.8 Å². The van der Waals surface area contributed by atoms with Gasteiger partial charge < -0.3 is 4.90 Å². The lowest BCUT2D eigenvalue weighted by molar-refractivity contribution is -0.137. The van der Waals surface area contributed by atoms with Gasteiger partial charge in [0.25, 0.3) is 5.56 Å². The Balaban J connectivity index is 1.47. The fourth-order valence-electron chi connectivity index (χ4n) is 3.48. The smallest absolute Gasteiger partial charge is 0.366 e. The maximum absolute atomic E-state index is 12.7. The van der Waals surface area contributed by atoms with Crippen LogP contribution >= 0.6 is 11.6 Å². The summed E-state index contributed by atoms with van der Waals surface area (Å²) < 4.78 is 39.1. The first kappa shape index (κ1) is 21.3. The van der Waals surface area contributed by atoms with E-state index in [9.17, 15) is 18.0 Å². The van der Waals surface area contributed by atoms with Crippen LogP contribution in [0.4, 0.5) is 18.9 Å². The molecule has 3 aromatic rings. The summed E-state index contributed by atoms with van der Waals surface area (Å²) in [4.78, 5) is 20.7. The Labute approximate surface area is 181 Å². The van der Waals surface area contributed by atoms with Crippen molar-refractivity contribution in [1.82, 2.24) is 19.7 Å².